The number of hydrogen-bond acceptors (Lipinski definition) is 5. The van der Waals surface area contributed by atoms with Gasteiger partial charge in [-0.1, -0.05) is 18.2 Å². The largest absolute Gasteiger partial charge is 0.465 e. The Bertz CT molecular complexity index is 773. The lowest BCUT2D eigenvalue weighted by Gasteiger charge is -2.27. The van der Waals surface area contributed by atoms with Crippen molar-refractivity contribution in [2.24, 2.45) is 0 Å². The second-order valence-electron chi connectivity index (χ2n) is 5.63. The van der Waals surface area contributed by atoms with E-state index in [1.165, 1.54) is 7.11 Å². The monoisotopic (exact) mass is 313 g/mol. The number of pyridine rings is 1. The standard InChI is InChI=1S/C17H19N3O3/c1-11-12-5-3-4-6-13(12)19-14(16(11)17(22)23-2)9-20-8-7-18-15(21)10-20/h3-6H,7-10H2,1-2H3,(H,18,21). The predicted octanol–water partition coefficient (Wildman–Crippen LogP) is 1.26. The van der Waals surface area contributed by atoms with Gasteiger partial charge in [0, 0.05) is 25.0 Å². The zero-order valence-electron chi connectivity index (χ0n) is 13.3. The summed E-state index contributed by atoms with van der Waals surface area (Å²) in [5.74, 6) is -0.398. The lowest BCUT2D eigenvalue weighted by molar-refractivity contribution is -0.124. The number of hydrogen-bond donors (Lipinski definition) is 1. The van der Waals surface area contributed by atoms with Crippen LogP contribution in [-0.4, -0.2) is 48.5 Å². The summed E-state index contributed by atoms with van der Waals surface area (Å²) < 4.78 is 4.94. The Morgan fingerprint density at radius 2 is 2.17 bits per heavy atom. The molecule has 0 atom stereocenters. The van der Waals surface area contributed by atoms with Gasteiger partial charge in [-0.15, -0.1) is 0 Å². The summed E-state index contributed by atoms with van der Waals surface area (Å²) in [5, 5.41) is 3.73. The van der Waals surface area contributed by atoms with E-state index in [1.807, 2.05) is 36.1 Å². The van der Waals surface area contributed by atoms with Crippen LogP contribution in [0.25, 0.3) is 10.9 Å². The van der Waals surface area contributed by atoms with Gasteiger partial charge >= 0.3 is 5.97 Å². The van der Waals surface area contributed by atoms with Crippen LogP contribution in [0.3, 0.4) is 0 Å². The van der Waals surface area contributed by atoms with Crippen LogP contribution < -0.4 is 5.32 Å². The first-order chi connectivity index (χ1) is 11.1. The van der Waals surface area contributed by atoms with Crippen molar-refractivity contribution in [1.29, 1.82) is 0 Å². The van der Waals surface area contributed by atoms with E-state index in [2.05, 4.69) is 10.3 Å². The van der Waals surface area contributed by atoms with Crippen LogP contribution in [0.15, 0.2) is 24.3 Å². The number of carbonyl (C=O) groups excluding carboxylic acids is 2. The van der Waals surface area contributed by atoms with Crippen molar-refractivity contribution in [1.82, 2.24) is 15.2 Å². The Morgan fingerprint density at radius 1 is 1.39 bits per heavy atom. The zero-order chi connectivity index (χ0) is 16.4. The van der Waals surface area contributed by atoms with Crippen molar-refractivity contribution in [3.8, 4) is 0 Å². The van der Waals surface area contributed by atoms with Crippen molar-refractivity contribution in [2.45, 2.75) is 13.5 Å². The summed E-state index contributed by atoms with van der Waals surface area (Å²) in [6.07, 6.45) is 0. The van der Waals surface area contributed by atoms with Gasteiger partial charge in [-0.2, -0.15) is 0 Å². The van der Waals surface area contributed by atoms with Gasteiger partial charge in [0.05, 0.1) is 30.4 Å². The highest BCUT2D eigenvalue weighted by Crippen LogP contribution is 2.24. The molecule has 0 saturated carbocycles. The van der Waals surface area contributed by atoms with E-state index in [0.717, 1.165) is 23.0 Å². The Balaban J connectivity index is 2.06. The molecule has 3 rings (SSSR count). The molecule has 1 aliphatic heterocycles. The number of ether oxygens (including phenoxy) is 1. The number of nitrogens with zero attached hydrogens (tertiary/aromatic N) is 2. The quantitative estimate of drug-likeness (QED) is 0.864. The minimum Gasteiger partial charge on any atom is -0.465 e. The average molecular weight is 313 g/mol. The number of nitrogens with one attached hydrogen (secondary N) is 1. The molecule has 1 saturated heterocycles. The molecule has 0 radical (unpaired) electrons. The van der Waals surface area contributed by atoms with Gasteiger partial charge < -0.3 is 10.1 Å². The van der Waals surface area contributed by atoms with Gasteiger partial charge in [-0.3, -0.25) is 14.7 Å². The van der Waals surface area contributed by atoms with Crippen molar-refractivity contribution in [2.75, 3.05) is 26.7 Å². The number of carbonyl (C=O) groups is 2. The van der Waals surface area contributed by atoms with Crippen LogP contribution in [0, 0.1) is 6.92 Å². The first kappa shape index (κ1) is 15.4. The summed E-state index contributed by atoms with van der Waals surface area (Å²) in [6.45, 7) is 4.01. The molecule has 23 heavy (non-hydrogen) atoms. The topological polar surface area (TPSA) is 71.5 Å². The number of fused-ring (bicyclic) bond motifs is 1. The van der Waals surface area contributed by atoms with Crippen molar-refractivity contribution >= 4 is 22.8 Å². The maximum Gasteiger partial charge on any atom is 0.340 e. The number of piperazine rings is 1. The number of esters is 1. The molecule has 2 aromatic rings. The third-order valence-electron chi connectivity index (χ3n) is 4.11. The minimum absolute atomic E-state index is 0.00613. The maximum absolute atomic E-state index is 12.2. The van der Waals surface area contributed by atoms with E-state index in [0.29, 0.717) is 30.9 Å². The summed E-state index contributed by atoms with van der Waals surface area (Å²) in [4.78, 5) is 30.4. The molecule has 0 unspecified atom stereocenters. The molecule has 1 aromatic carbocycles. The predicted molar refractivity (Wildman–Crippen MR) is 86.1 cm³/mol. The van der Waals surface area contributed by atoms with Crippen LogP contribution in [0.5, 0.6) is 0 Å². The van der Waals surface area contributed by atoms with Gasteiger partial charge in [0.25, 0.3) is 0 Å². The number of methoxy groups -OCH3 is 1. The molecule has 120 valence electrons. The molecule has 0 aliphatic carbocycles. The van der Waals surface area contributed by atoms with Gasteiger partial charge in [-0.05, 0) is 18.6 Å². The molecule has 0 spiro atoms. The summed E-state index contributed by atoms with van der Waals surface area (Å²) in [7, 11) is 1.37. The molecule has 6 nitrogen and oxygen atoms in total. The summed E-state index contributed by atoms with van der Waals surface area (Å²) in [5.41, 5.74) is 2.85. The summed E-state index contributed by atoms with van der Waals surface area (Å²) >= 11 is 0. The molecular formula is C17H19N3O3. The Morgan fingerprint density at radius 3 is 2.91 bits per heavy atom. The fourth-order valence-corrected chi connectivity index (χ4v) is 2.97. The lowest BCUT2D eigenvalue weighted by Crippen LogP contribution is -2.47. The highest BCUT2D eigenvalue weighted by atomic mass is 16.5. The Hall–Kier alpha value is -2.47. The van der Waals surface area contributed by atoms with E-state index in [1.54, 1.807) is 0 Å². The Kier molecular flexibility index (Phi) is 4.25. The molecule has 0 bridgehead atoms. The van der Waals surface area contributed by atoms with Crippen LogP contribution in [0.2, 0.25) is 0 Å². The highest BCUT2D eigenvalue weighted by molar-refractivity contribution is 5.98. The fourth-order valence-electron chi connectivity index (χ4n) is 2.97. The molecule has 1 aliphatic rings. The third kappa shape index (κ3) is 3.03. The molecule has 1 fully saturated rings. The van der Waals surface area contributed by atoms with Gasteiger partial charge in [-0.25, -0.2) is 4.79 Å². The smallest absolute Gasteiger partial charge is 0.340 e. The van der Waals surface area contributed by atoms with E-state index in [9.17, 15) is 9.59 Å². The number of para-hydroxylation sites is 1. The number of benzene rings is 1. The second kappa shape index (κ2) is 6.34. The fraction of sp³-hybridized carbons (Fsp3) is 0.353. The van der Waals surface area contributed by atoms with Gasteiger partial charge in [0.2, 0.25) is 5.91 Å². The average Bonchev–Trinajstić information content (AvgIpc) is 2.54. The van der Waals surface area contributed by atoms with Crippen LogP contribution in [0.1, 0.15) is 21.6 Å². The van der Waals surface area contributed by atoms with Crippen molar-refractivity contribution in [3.63, 3.8) is 0 Å². The molecular weight excluding hydrogens is 294 g/mol. The molecule has 1 amide bonds. The minimum atomic E-state index is -0.391. The third-order valence-corrected chi connectivity index (χ3v) is 4.11. The lowest BCUT2D eigenvalue weighted by atomic mass is 10.0. The Labute approximate surface area is 134 Å². The normalized spacial score (nSPS) is 15.5. The van der Waals surface area contributed by atoms with Gasteiger partial charge in [0.1, 0.15) is 0 Å². The van der Waals surface area contributed by atoms with Crippen LogP contribution >= 0.6 is 0 Å². The molecule has 1 aromatic heterocycles. The summed E-state index contributed by atoms with van der Waals surface area (Å²) in [6, 6.07) is 7.72. The number of rotatable bonds is 3. The first-order valence-electron chi connectivity index (χ1n) is 7.55. The van der Waals surface area contributed by atoms with E-state index in [-0.39, 0.29) is 5.91 Å². The van der Waals surface area contributed by atoms with Gasteiger partial charge in [0.15, 0.2) is 0 Å². The molecule has 6 heteroatoms. The van der Waals surface area contributed by atoms with E-state index in [4.69, 9.17) is 4.74 Å². The number of aromatic nitrogens is 1. The molecule has 1 N–H and O–H groups in total. The highest BCUT2D eigenvalue weighted by Gasteiger charge is 2.23. The SMILES string of the molecule is COC(=O)c1c(CN2CCNC(=O)C2)nc2ccccc2c1C. The number of aryl methyl sites for hydroxylation is 1. The van der Waals surface area contributed by atoms with Crippen LogP contribution in [-0.2, 0) is 16.1 Å². The molecule has 2 heterocycles. The van der Waals surface area contributed by atoms with Crippen molar-refractivity contribution in [3.05, 3.63) is 41.1 Å². The van der Waals surface area contributed by atoms with Crippen LogP contribution in [0.4, 0.5) is 0 Å². The van der Waals surface area contributed by atoms with E-state index < -0.39 is 5.97 Å². The maximum atomic E-state index is 12.2. The number of amides is 1. The first-order valence-corrected chi connectivity index (χ1v) is 7.55. The zero-order valence-corrected chi connectivity index (χ0v) is 13.3. The van der Waals surface area contributed by atoms with E-state index >= 15 is 0 Å². The second-order valence-corrected chi connectivity index (χ2v) is 5.63. The van der Waals surface area contributed by atoms with Crippen molar-refractivity contribution < 1.29 is 14.3 Å².